The zero-order valence-electron chi connectivity index (χ0n) is 12.6. The summed E-state index contributed by atoms with van der Waals surface area (Å²) in [6.07, 6.45) is 6.00. The average molecular weight is 269 g/mol. The van der Waals surface area contributed by atoms with Gasteiger partial charge in [-0.25, -0.2) is 4.98 Å². The molecular formula is C17H23N3. The summed E-state index contributed by atoms with van der Waals surface area (Å²) < 4.78 is 2.09. The summed E-state index contributed by atoms with van der Waals surface area (Å²) in [4.78, 5) is 4.38. The van der Waals surface area contributed by atoms with Gasteiger partial charge >= 0.3 is 0 Å². The number of aromatic nitrogens is 2. The summed E-state index contributed by atoms with van der Waals surface area (Å²) in [5.41, 5.74) is 3.25. The number of hydrogen-bond acceptors (Lipinski definition) is 2. The van der Waals surface area contributed by atoms with Crippen molar-refractivity contribution in [3.63, 3.8) is 0 Å². The van der Waals surface area contributed by atoms with E-state index in [1.54, 1.807) is 0 Å². The summed E-state index contributed by atoms with van der Waals surface area (Å²) >= 11 is 0. The van der Waals surface area contributed by atoms with Gasteiger partial charge in [-0.2, -0.15) is 0 Å². The molecule has 1 aliphatic carbocycles. The van der Waals surface area contributed by atoms with Crippen LogP contribution in [0, 0.1) is 5.41 Å². The van der Waals surface area contributed by atoms with E-state index in [1.165, 1.54) is 11.1 Å². The molecule has 0 spiro atoms. The lowest BCUT2D eigenvalue weighted by molar-refractivity contribution is 0.270. The lowest BCUT2D eigenvalue weighted by Gasteiger charge is -2.28. The van der Waals surface area contributed by atoms with Gasteiger partial charge in [0.25, 0.3) is 0 Å². The van der Waals surface area contributed by atoms with Crippen LogP contribution in [0.3, 0.4) is 0 Å². The normalized spacial score (nSPS) is 20.1. The quantitative estimate of drug-likeness (QED) is 0.925. The van der Waals surface area contributed by atoms with Crippen molar-refractivity contribution < 1.29 is 0 Å². The average Bonchev–Trinajstić information content (AvgIpc) is 2.91. The summed E-state index contributed by atoms with van der Waals surface area (Å²) in [7, 11) is 2.05. The van der Waals surface area contributed by atoms with Crippen LogP contribution in [0.15, 0.2) is 36.7 Å². The van der Waals surface area contributed by atoms with Crippen LogP contribution >= 0.6 is 0 Å². The molecule has 1 heterocycles. The first-order chi connectivity index (χ1) is 9.58. The topological polar surface area (TPSA) is 29.9 Å². The number of aryl methyl sites for hydroxylation is 1. The Kier molecular flexibility index (Phi) is 3.38. The van der Waals surface area contributed by atoms with E-state index in [2.05, 4.69) is 60.0 Å². The maximum Gasteiger partial charge on any atom is 0.109 e. The number of fused-ring (bicyclic) bond motifs is 1. The maximum absolute atomic E-state index is 4.38. The zero-order chi connectivity index (χ0) is 14.2. The van der Waals surface area contributed by atoms with Crippen molar-refractivity contribution in [2.75, 3.05) is 6.54 Å². The monoisotopic (exact) mass is 269 g/mol. The molecule has 0 radical (unpaired) electrons. The molecule has 0 aliphatic heterocycles. The molecule has 2 aromatic rings. The van der Waals surface area contributed by atoms with Crippen LogP contribution in [0.2, 0.25) is 0 Å². The number of hydrogen-bond donors (Lipinski definition) is 1. The number of nitrogens with one attached hydrogen (secondary N) is 1. The predicted molar refractivity (Wildman–Crippen MR) is 81.6 cm³/mol. The van der Waals surface area contributed by atoms with Gasteiger partial charge < -0.3 is 9.88 Å². The van der Waals surface area contributed by atoms with Crippen molar-refractivity contribution in [1.29, 1.82) is 0 Å². The van der Waals surface area contributed by atoms with E-state index in [9.17, 15) is 0 Å². The van der Waals surface area contributed by atoms with Crippen LogP contribution in [-0.4, -0.2) is 16.1 Å². The van der Waals surface area contributed by atoms with Gasteiger partial charge in [0.05, 0.1) is 0 Å². The van der Waals surface area contributed by atoms with Crippen LogP contribution in [0.25, 0.3) is 0 Å². The summed E-state index contributed by atoms with van der Waals surface area (Å²) in [5.74, 6) is 1.14. The van der Waals surface area contributed by atoms with Crippen LogP contribution in [-0.2, 0) is 19.9 Å². The fourth-order valence-electron chi connectivity index (χ4n) is 3.34. The summed E-state index contributed by atoms with van der Waals surface area (Å²) in [5, 5.41) is 3.74. The van der Waals surface area contributed by atoms with Crippen molar-refractivity contribution in [3.8, 4) is 0 Å². The molecule has 3 nitrogen and oxygen atoms in total. The number of rotatable bonds is 4. The minimum Gasteiger partial charge on any atom is -0.338 e. The second-order valence-corrected chi connectivity index (χ2v) is 6.46. The van der Waals surface area contributed by atoms with E-state index < -0.39 is 0 Å². The Hall–Kier alpha value is -1.61. The second-order valence-electron chi connectivity index (χ2n) is 6.46. The first kappa shape index (κ1) is 13.4. The van der Waals surface area contributed by atoms with E-state index in [0.29, 0.717) is 6.04 Å². The Balaban J connectivity index is 1.69. The zero-order valence-corrected chi connectivity index (χ0v) is 12.6. The third kappa shape index (κ3) is 2.38. The van der Waals surface area contributed by atoms with Gasteiger partial charge in [-0.05, 0) is 23.0 Å². The molecule has 0 bridgehead atoms. The Bertz CT molecular complexity index is 598. The van der Waals surface area contributed by atoms with Crippen molar-refractivity contribution in [2.45, 2.75) is 32.7 Å². The molecule has 20 heavy (non-hydrogen) atoms. The van der Waals surface area contributed by atoms with Crippen LogP contribution in [0.5, 0.6) is 0 Å². The van der Waals surface area contributed by atoms with Gasteiger partial charge in [-0.1, -0.05) is 38.1 Å². The standard InChI is InChI=1S/C17H23N3/c1-17(2)12-13-6-4-5-7-14(13)16(17)19-9-8-15-18-10-11-20(15)3/h4-7,10-11,16,19H,8-9,12H2,1-3H3. The lowest BCUT2D eigenvalue weighted by Crippen LogP contribution is -2.32. The third-order valence-electron chi connectivity index (χ3n) is 4.41. The fraction of sp³-hybridized carbons (Fsp3) is 0.471. The summed E-state index contributed by atoms with van der Waals surface area (Å²) in [6.45, 7) is 5.67. The largest absolute Gasteiger partial charge is 0.338 e. The molecule has 1 N–H and O–H groups in total. The molecule has 0 saturated heterocycles. The highest BCUT2D eigenvalue weighted by Crippen LogP contribution is 2.44. The molecule has 106 valence electrons. The number of imidazole rings is 1. The molecule has 1 atom stereocenters. The van der Waals surface area contributed by atoms with Crippen LogP contribution in [0.4, 0.5) is 0 Å². The molecule has 0 fully saturated rings. The molecule has 1 aliphatic rings. The molecule has 1 aromatic carbocycles. The molecule has 1 unspecified atom stereocenters. The fourth-order valence-corrected chi connectivity index (χ4v) is 3.34. The molecule has 3 heteroatoms. The minimum absolute atomic E-state index is 0.283. The van der Waals surface area contributed by atoms with Crippen LogP contribution < -0.4 is 5.32 Å². The number of benzene rings is 1. The highest BCUT2D eigenvalue weighted by molar-refractivity contribution is 5.37. The SMILES string of the molecule is Cn1ccnc1CCNC1c2ccccc2CC1(C)C. The third-order valence-corrected chi connectivity index (χ3v) is 4.41. The molecule has 0 amide bonds. The smallest absolute Gasteiger partial charge is 0.109 e. The molecular weight excluding hydrogens is 246 g/mol. The Morgan fingerprint density at radius 1 is 1.35 bits per heavy atom. The van der Waals surface area contributed by atoms with Gasteiger partial charge in [-0.15, -0.1) is 0 Å². The first-order valence-electron chi connectivity index (χ1n) is 7.35. The maximum atomic E-state index is 4.38. The van der Waals surface area contributed by atoms with E-state index in [-0.39, 0.29) is 5.41 Å². The van der Waals surface area contributed by atoms with Gasteiger partial charge in [-0.3, -0.25) is 0 Å². The van der Waals surface area contributed by atoms with Crippen molar-refractivity contribution in [1.82, 2.24) is 14.9 Å². The van der Waals surface area contributed by atoms with Gasteiger partial charge in [0, 0.05) is 38.4 Å². The lowest BCUT2D eigenvalue weighted by atomic mass is 9.85. The van der Waals surface area contributed by atoms with E-state index in [1.807, 2.05) is 12.4 Å². The Morgan fingerprint density at radius 3 is 2.90 bits per heavy atom. The number of nitrogens with zero attached hydrogens (tertiary/aromatic N) is 2. The molecule has 0 saturated carbocycles. The Morgan fingerprint density at radius 2 is 2.15 bits per heavy atom. The minimum atomic E-state index is 0.283. The van der Waals surface area contributed by atoms with E-state index in [4.69, 9.17) is 0 Å². The van der Waals surface area contributed by atoms with E-state index >= 15 is 0 Å². The Labute approximate surface area is 121 Å². The van der Waals surface area contributed by atoms with Gasteiger partial charge in [0.15, 0.2) is 0 Å². The van der Waals surface area contributed by atoms with Gasteiger partial charge in [0.1, 0.15) is 5.82 Å². The summed E-state index contributed by atoms with van der Waals surface area (Å²) in [6, 6.07) is 9.26. The van der Waals surface area contributed by atoms with Crippen LogP contribution in [0.1, 0.15) is 36.8 Å². The highest BCUT2D eigenvalue weighted by Gasteiger charge is 2.38. The van der Waals surface area contributed by atoms with Crippen molar-refractivity contribution in [2.24, 2.45) is 12.5 Å². The van der Waals surface area contributed by atoms with Crippen molar-refractivity contribution in [3.05, 3.63) is 53.6 Å². The first-order valence-corrected chi connectivity index (χ1v) is 7.35. The predicted octanol–water partition coefficient (Wildman–Crippen LogP) is 2.88. The molecule has 1 aromatic heterocycles. The molecule has 3 rings (SSSR count). The van der Waals surface area contributed by atoms with E-state index in [0.717, 1.165) is 25.2 Å². The second kappa shape index (κ2) is 5.06. The highest BCUT2D eigenvalue weighted by atomic mass is 15.0. The van der Waals surface area contributed by atoms with Gasteiger partial charge in [0.2, 0.25) is 0 Å². The van der Waals surface area contributed by atoms with Crippen molar-refractivity contribution >= 4 is 0 Å².